The molecule has 176 valence electrons. The smallest absolute Gasteiger partial charge is 0.335 e. The Kier molecular flexibility index (Phi) is 5.82. The molecule has 0 radical (unpaired) electrons. The van der Waals surface area contributed by atoms with E-state index in [2.05, 4.69) is 20.9 Å². The van der Waals surface area contributed by atoms with Crippen LogP contribution in [0.25, 0.3) is 5.69 Å². The van der Waals surface area contributed by atoms with Gasteiger partial charge in [0.2, 0.25) is 0 Å². The van der Waals surface area contributed by atoms with E-state index >= 15 is 0 Å². The first-order valence-electron chi connectivity index (χ1n) is 11.1. The number of carbonyl (C=O) groups is 1. The number of anilines is 1. The van der Waals surface area contributed by atoms with Crippen molar-refractivity contribution in [3.8, 4) is 5.69 Å². The zero-order valence-corrected chi connectivity index (χ0v) is 20.0. The zero-order valence-electron chi connectivity index (χ0n) is 19.1. The molecule has 0 unspecified atom stereocenters. The highest BCUT2D eigenvalue weighted by Gasteiger charge is 2.42. The van der Waals surface area contributed by atoms with Gasteiger partial charge in [-0.2, -0.15) is 0 Å². The number of nitrogens with zero attached hydrogens (tertiary/aromatic N) is 3. The van der Waals surface area contributed by atoms with Crippen LogP contribution in [0.5, 0.6) is 0 Å². The Morgan fingerprint density at radius 3 is 2.34 bits per heavy atom. The van der Waals surface area contributed by atoms with Gasteiger partial charge in [-0.1, -0.05) is 6.07 Å². The normalized spacial score (nSPS) is 17.5. The van der Waals surface area contributed by atoms with Gasteiger partial charge in [0.1, 0.15) is 5.82 Å². The van der Waals surface area contributed by atoms with Crippen LogP contribution in [-0.4, -0.2) is 25.7 Å². The first-order chi connectivity index (χ1) is 16.8. The molecular weight excluding hydrogens is 463 g/mol. The van der Waals surface area contributed by atoms with Gasteiger partial charge in [-0.05, 0) is 98.4 Å². The van der Waals surface area contributed by atoms with Crippen molar-refractivity contribution in [1.82, 2.24) is 14.9 Å². The SMILES string of the molecule is Cc1cc([C@@H]2[C@@H](c3ccccn3)NC(=S)N2c2ccc(F)cc2)c(C)n1-c1ccc(C(=O)O)cc1. The molecule has 6 nitrogen and oxygen atoms in total. The fraction of sp³-hybridized carbons (Fsp3) is 0.148. The van der Waals surface area contributed by atoms with Crippen LogP contribution in [0, 0.1) is 19.7 Å². The Bertz CT molecular complexity index is 1400. The second kappa shape index (κ2) is 8.96. The van der Waals surface area contributed by atoms with Crippen LogP contribution in [0.15, 0.2) is 79.0 Å². The van der Waals surface area contributed by atoms with E-state index in [0.717, 1.165) is 34.0 Å². The molecule has 2 aromatic heterocycles. The van der Waals surface area contributed by atoms with Gasteiger partial charge < -0.3 is 19.9 Å². The molecular formula is C27H23FN4O2S. The van der Waals surface area contributed by atoms with Crippen LogP contribution in [0.3, 0.4) is 0 Å². The number of aromatic carboxylic acids is 1. The van der Waals surface area contributed by atoms with E-state index in [4.69, 9.17) is 12.2 Å². The van der Waals surface area contributed by atoms with Gasteiger partial charge in [0, 0.05) is 29.0 Å². The molecule has 1 saturated heterocycles. The molecule has 0 saturated carbocycles. The van der Waals surface area contributed by atoms with E-state index in [1.165, 1.54) is 12.1 Å². The van der Waals surface area contributed by atoms with E-state index in [-0.39, 0.29) is 23.5 Å². The van der Waals surface area contributed by atoms with Crippen molar-refractivity contribution in [2.24, 2.45) is 0 Å². The second-order valence-electron chi connectivity index (χ2n) is 8.49. The van der Waals surface area contributed by atoms with Crippen LogP contribution < -0.4 is 10.2 Å². The number of nitrogens with one attached hydrogen (secondary N) is 1. The number of carboxylic acids is 1. The van der Waals surface area contributed by atoms with E-state index in [9.17, 15) is 14.3 Å². The molecule has 2 N–H and O–H groups in total. The number of carboxylic acid groups (broad SMARTS) is 1. The Morgan fingerprint density at radius 2 is 1.71 bits per heavy atom. The second-order valence-corrected chi connectivity index (χ2v) is 8.87. The predicted molar refractivity (Wildman–Crippen MR) is 137 cm³/mol. The summed E-state index contributed by atoms with van der Waals surface area (Å²) in [6.07, 6.45) is 1.75. The summed E-state index contributed by atoms with van der Waals surface area (Å²) < 4.78 is 15.8. The number of thiocarbonyl (C=S) groups is 1. The molecule has 0 aliphatic carbocycles. The third-order valence-corrected chi connectivity index (χ3v) is 6.68. The highest BCUT2D eigenvalue weighted by atomic mass is 32.1. The number of benzene rings is 2. The van der Waals surface area contributed by atoms with Crippen LogP contribution >= 0.6 is 12.2 Å². The fourth-order valence-electron chi connectivity index (χ4n) is 4.79. The summed E-state index contributed by atoms with van der Waals surface area (Å²) in [7, 11) is 0. The highest BCUT2D eigenvalue weighted by molar-refractivity contribution is 7.80. The van der Waals surface area contributed by atoms with Crippen molar-refractivity contribution in [3.63, 3.8) is 0 Å². The molecule has 0 amide bonds. The molecule has 5 rings (SSSR count). The van der Waals surface area contributed by atoms with E-state index in [1.807, 2.05) is 36.9 Å². The van der Waals surface area contributed by atoms with E-state index < -0.39 is 5.97 Å². The third-order valence-electron chi connectivity index (χ3n) is 6.36. The first-order valence-corrected chi connectivity index (χ1v) is 11.5. The molecule has 2 aromatic carbocycles. The summed E-state index contributed by atoms with van der Waals surface area (Å²) in [5.74, 6) is -1.27. The van der Waals surface area contributed by atoms with Crippen LogP contribution in [0.2, 0.25) is 0 Å². The summed E-state index contributed by atoms with van der Waals surface area (Å²) in [5.41, 5.74) is 5.76. The Labute approximate surface area is 207 Å². The summed E-state index contributed by atoms with van der Waals surface area (Å²) >= 11 is 5.76. The molecule has 3 heterocycles. The van der Waals surface area contributed by atoms with Gasteiger partial charge in [0.15, 0.2) is 5.11 Å². The average Bonchev–Trinajstić information content (AvgIpc) is 3.35. The first kappa shape index (κ1) is 22.7. The molecule has 35 heavy (non-hydrogen) atoms. The van der Waals surface area contributed by atoms with Crippen LogP contribution in [-0.2, 0) is 0 Å². The quantitative estimate of drug-likeness (QED) is 0.363. The molecule has 2 atom stereocenters. The van der Waals surface area contributed by atoms with Crippen molar-refractivity contribution in [3.05, 3.63) is 113 Å². The van der Waals surface area contributed by atoms with Crippen molar-refractivity contribution in [1.29, 1.82) is 0 Å². The summed E-state index contributed by atoms with van der Waals surface area (Å²) in [4.78, 5) is 17.9. The maximum Gasteiger partial charge on any atom is 0.335 e. The van der Waals surface area contributed by atoms with Gasteiger partial charge >= 0.3 is 5.97 Å². The minimum absolute atomic E-state index is 0.225. The van der Waals surface area contributed by atoms with Gasteiger partial charge in [0.25, 0.3) is 0 Å². The number of pyridine rings is 1. The molecule has 1 fully saturated rings. The summed E-state index contributed by atoms with van der Waals surface area (Å²) in [6, 6.07) is 20.5. The Hall–Kier alpha value is -4.04. The number of rotatable bonds is 5. The largest absolute Gasteiger partial charge is 0.478 e. The van der Waals surface area contributed by atoms with Gasteiger partial charge in [-0.25, -0.2) is 9.18 Å². The average molecular weight is 487 g/mol. The predicted octanol–water partition coefficient (Wildman–Crippen LogP) is 5.50. The van der Waals surface area contributed by atoms with Crippen LogP contribution in [0.4, 0.5) is 10.1 Å². The van der Waals surface area contributed by atoms with Crippen LogP contribution in [0.1, 0.15) is 45.1 Å². The lowest BCUT2D eigenvalue weighted by Crippen LogP contribution is -2.29. The number of aromatic nitrogens is 2. The van der Waals surface area contributed by atoms with Crippen molar-refractivity contribution in [2.45, 2.75) is 25.9 Å². The van der Waals surface area contributed by atoms with Gasteiger partial charge in [0.05, 0.1) is 23.3 Å². The van der Waals surface area contributed by atoms with Gasteiger partial charge in [-0.15, -0.1) is 0 Å². The highest BCUT2D eigenvalue weighted by Crippen LogP contribution is 2.43. The zero-order chi connectivity index (χ0) is 24.7. The fourth-order valence-corrected chi connectivity index (χ4v) is 5.13. The van der Waals surface area contributed by atoms with E-state index in [1.54, 1.807) is 42.6 Å². The number of aryl methyl sites for hydroxylation is 1. The van der Waals surface area contributed by atoms with Gasteiger partial charge in [-0.3, -0.25) is 4.98 Å². The van der Waals surface area contributed by atoms with E-state index in [0.29, 0.717) is 5.11 Å². The minimum atomic E-state index is -0.961. The third kappa shape index (κ3) is 4.06. The Balaban J connectivity index is 1.65. The molecule has 0 spiro atoms. The standard InChI is InChI=1S/C27H23FN4O2S/c1-16-15-22(17(2)31(16)20-10-6-18(7-11-20)26(33)34)25-24(23-5-3-4-14-29-23)30-27(35)32(25)21-12-8-19(28)9-13-21/h3-15,24-25H,1-2H3,(H,30,35)(H,33,34)/t24-,25-/m1/s1. The summed E-state index contributed by atoms with van der Waals surface area (Å²) in [5, 5.41) is 13.2. The van der Waals surface area contributed by atoms with Crippen molar-refractivity contribution in [2.75, 3.05) is 4.90 Å². The maximum atomic E-state index is 13.7. The number of hydrogen-bond donors (Lipinski definition) is 2. The Morgan fingerprint density at radius 1 is 1.03 bits per heavy atom. The molecule has 1 aliphatic heterocycles. The topological polar surface area (TPSA) is 70.4 Å². The maximum absolute atomic E-state index is 13.7. The lowest BCUT2D eigenvalue weighted by atomic mass is 9.96. The van der Waals surface area contributed by atoms with Crippen molar-refractivity contribution >= 4 is 29.0 Å². The molecule has 8 heteroatoms. The monoisotopic (exact) mass is 486 g/mol. The molecule has 4 aromatic rings. The molecule has 0 bridgehead atoms. The molecule has 1 aliphatic rings. The number of hydrogen-bond acceptors (Lipinski definition) is 3. The number of halogens is 1. The summed E-state index contributed by atoms with van der Waals surface area (Å²) in [6.45, 7) is 4.05. The lowest BCUT2D eigenvalue weighted by molar-refractivity contribution is 0.0697. The minimum Gasteiger partial charge on any atom is -0.478 e. The van der Waals surface area contributed by atoms with Crippen molar-refractivity contribution < 1.29 is 14.3 Å². The lowest BCUT2D eigenvalue weighted by Gasteiger charge is -2.28.